The van der Waals surface area contributed by atoms with Crippen molar-refractivity contribution in [1.29, 1.82) is 0 Å². The van der Waals surface area contributed by atoms with Gasteiger partial charge in [0.15, 0.2) is 0 Å². The first kappa shape index (κ1) is 12.2. The molecule has 0 aliphatic rings. The summed E-state index contributed by atoms with van der Waals surface area (Å²) in [6.45, 7) is -0.0505. The Hall–Kier alpha value is -0.900. The molecule has 5 heteroatoms. The zero-order valence-corrected chi connectivity index (χ0v) is 8.94. The first-order valence-electron chi connectivity index (χ1n) is 4.42. The van der Waals surface area contributed by atoms with Gasteiger partial charge in [0.05, 0.1) is 6.42 Å². The van der Waals surface area contributed by atoms with Gasteiger partial charge in [0.1, 0.15) is 0 Å². The monoisotopic (exact) mass is 237 g/mol. The van der Waals surface area contributed by atoms with Crippen molar-refractivity contribution in [3.05, 3.63) is 29.3 Å². The van der Waals surface area contributed by atoms with E-state index in [1.165, 1.54) is 0 Å². The average molecular weight is 238 g/mol. The molecule has 1 rings (SSSR count). The molecule has 0 unspecified atom stereocenters. The largest absolute Gasteiger partial charge is 0.390 e. The molecule has 0 bridgehead atoms. The molecule has 0 fully saturated rings. The van der Waals surface area contributed by atoms with Crippen molar-refractivity contribution in [2.24, 2.45) is 0 Å². The van der Waals surface area contributed by atoms with E-state index in [0.717, 1.165) is 5.69 Å². The molecule has 0 N–H and O–H groups in total. The molecule has 1 aromatic carbocycles. The van der Waals surface area contributed by atoms with E-state index < -0.39 is 12.6 Å². The Morgan fingerprint density at radius 3 is 2.20 bits per heavy atom. The minimum atomic E-state index is -4.11. The molecule has 0 atom stereocenters. The maximum Gasteiger partial charge on any atom is 0.390 e. The Labute approximate surface area is 91.5 Å². The van der Waals surface area contributed by atoms with Gasteiger partial charge in [0.2, 0.25) is 0 Å². The number of nitrogens with zero attached hydrogens (tertiary/aromatic N) is 1. The van der Waals surface area contributed by atoms with E-state index in [1.54, 1.807) is 36.2 Å². The van der Waals surface area contributed by atoms with Gasteiger partial charge in [-0.1, -0.05) is 11.6 Å². The number of alkyl halides is 3. The third kappa shape index (κ3) is 4.42. The maximum atomic E-state index is 11.9. The molecule has 0 radical (unpaired) electrons. The van der Waals surface area contributed by atoms with Crippen LogP contribution in [0.2, 0.25) is 5.02 Å². The molecule has 1 aromatic rings. The van der Waals surface area contributed by atoms with Crippen LogP contribution in [0.5, 0.6) is 0 Å². The van der Waals surface area contributed by atoms with Gasteiger partial charge in [-0.3, -0.25) is 0 Å². The van der Waals surface area contributed by atoms with Crippen molar-refractivity contribution in [3.8, 4) is 0 Å². The average Bonchev–Trinajstić information content (AvgIpc) is 2.14. The fourth-order valence-corrected chi connectivity index (χ4v) is 1.25. The van der Waals surface area contributed by atoms with Crippen LogP contribution in [0, 0.1) is 0 Å². The van der Waals surface area contributed by atoms with Crippen LogP contribution in [-0.4, -0.2) is 19.8 Å². The lowest BCUT2D eigenvalue weighted by Crippen LogP contribution is -2.23. The second-order valence-electron chi connectivity index (χ2n) is 3.26. The minimum Gasteiger partial charge on any atom is -0.374 e. The SMILES string of the molecule is CN(CCC(F)(F)F)c1ccc(Cl)cc1. The van der Waals surface area contributed by atoms with Crippen LogP contribution in [0.15, 0.2) is 24.3 Å². The van der Waals surface area contributed by atoms with Crippen molar-refractivity contribution in [2.75, 3.05) is 18.5 Å². The Morgan fingerprint density at radius 2 is 1.73 bits per heavy atom. The molecular formula is C10H11ClF3N. The van der Waals surface area contributed by atoms with Crippen molar-refractivity contribution in [1.82, 2.24) is 0 Å². The maximum absolute atomic E-state index is 11.9. The van der Waals surface area contributed by atoms with E-state index >= 15 is 0 Å². The number of hydrogen-bond acceptors (Lipinski definition) is 1. The normalized spacial score (nSPS) is 11.5. The van der Waals surface area contributed by atoms with Gasteiger partial charge in [-0.2, -0.15) is 13.2 Å². The number of halogens is 4. The lowest BCUT2D eigenvalue weighted by atomic mass is 10.3. The van der Waals surface area contributed by atoms with E-state index in [0.29, 0.717) is 5.02 Å². The summed E-state index contributed by atoms with van der Waals surface area (Å²) in [4.78, 5) is 1.55. The predicted molar refractivity (Wildman–Crippen MR) is 55.4 cm³/mol. The molecule has 0 amide bonds. The van der Waals surface area contributed by atoms with Crippen LogP contribution in [-0.2, 0) is 0 Å². The lowest BCUT2D eigenvalue weighted by molar-refractivity contribution is -0.132. The zero-order valence-electron chi connectivity index (χ0n) is 8.18. The van der Waals surface area contributed by atoms with Gasteiger partial charge >= 0.3 is 6.18 Å². The molecule has 0 saturated carbocycles. The summed E-state index contributed by atoms with van der Waals surface area (Å²) in [6, 6.07) is 6.69. The van der Waals surface area contributed by atoms with E-state index in [2.05, 4.69) is 0 Å². The highest BCUT2D eigenvalue weighted by Gasteiger charge is 2.27. The summed E-state index contributed by atoms with van der Waals surface area (Å²) in [5, 5.41) is 0.572. The summed E-state index contributed by atoms with van der Waals surface area (Å²) < 4.78 is 35.8. The molecule has 84 valence electrons. The fourth-order valence-electron chi connectivity index (χ4n) is 1.12. The van der Waals surface area contributed by atoms with Crippen molar-refractivity contribution in [3.63, 3.8) is 0 Å². The first-order chi connectivity index (χ1) is 6.88. The van der Waals surface area contributed by atoms with Gasteiger partial charge < -0.3 is 4.90 Å². The van der Waals surface area contributed by atoms with Crippen LogP contribution in [0.25, 0.3) is 0 Å². The number of hydrogen-bond donors (Lipinski definition) is 0. The molecule has 0 aliphatic heterocycles. The van der Waals surface area contributed by atoms with Gasteiger partial charge in [-0.15, -0.1) is 0 Å². The van der Waals surface area contributed by atoms with Crippen molar-refractivity contribution < 1.29 is 13.2 Å². The highest BCUT2D eigenvalue weighted by atomic mass is 35.5. The van der Waals surface area contributed by atoms with Crippen LogP contribution < -0.4 is 4.90 Å². The predicted octanol–water partition coefficient (Wildman–Crippen LogP) is 3.73. The lowest BCUT2D eigenvalue weighted by Gasteiger charge is -2.20. The fraction of sp³-hybridized carbons (Fsp3) is 0.400. The molecule has 1 nitrogen and oxygen atoms in total. The smallest absolute Gasteiger partial charge is 0.374 e. The third-order valence-corrected chi connectivity index (χ3v) is 2.25. The summed E-state index contributed by atoms with van der Waals surface area (Å²) in [6.07, 6.45) is -4.92. The summed E-state index contributed by atoms with van der Waals surface area (Å²) >= 11 is 5.67. The summed E-state index contributed by atoms with van der Waals surface area (Å²) in [5.41, 5.74) is 0.726. The number of benzene rings is 1. The Balaban J connectivity index is 2.54. The van der Waals surface area contributed by atoms with E-state index in [9.17, 15) is 13.2 Å². The highest BCUT2D eigenvalue weighted by molar-refractivity contribution is 6.30. The van der Waals surface area contributed by atoms with Crippen LogP contribution >= 0.6 is 11.6 Å². The van der Waals surface area contributed by atoms with E-state index in [-0.39, 0.29) is 6.54 Å². The van der Waals surface area contributed by atoms with Gasteiger partial charge in [0, 0.05) is 24.3 Å². The summed E-state index contributed by atoms with van der Waals surface area (Å²) in [7, 11) is 1.62. The highest BCUT2D eigenvalue weighted by Crippen LogP contribution is 2.22. The first-order valence-corrected chi connectivity index (χ1v) is 4.80. The van der Waals surface area contributed by atoms with Crippen molar-refractivity contribution >= 4 is 17.3 Å². The second-order valence-corrected chi connectivity index (χ2v) is 3.70. The molecule has 0 aliphatic carbocycles. The topological polar surface area (TPSA) is 3.24 Å². The van der Waals surface area contributed by atoms with Gasteiger partial charge in [-0.25, -0.2) is 0 Å². The Bertz CT molecular complexity index is 307. The van der Waals surface area contributed by atoms with Crippen LogP contribution in [0.4, 0.5) is 18.9 Å². The molecule has 0 heterocycles. The molecule has 0 saturated heterocycles. The van der Waals surface area contributed by atoms with Crippen molar-refractivity contribution in [2.45, 2.75) is 12.6 Å². The molecular weight excluding hydrogens is 227 g/mol. The molecule has 15 heavy (non-hydrogen) atoms. The van der Waals surface area contributed by atoms with Crippen LogP contribution in [0.1, 0.15) is 6.42 Å². The Kier molecular flexibility index (Phi) is 3.85. The van der Waals surface area contributed by atoms with E-state index in [1.807, 2.05) is 0 Å². The number of rotatable bonds is 3. The third-order valence-electron chi connectivity index (χ3n) is 2.00. The molecule has 0 aromatic heterocycles. The number of anilines is 1. The Morgan fingerprint density at radius 1 is 1.20 bits per heavy atom. The van der Waals surface area contributed by atoms with Gasteiger partial charge in [0.25, 0.3) is 0 Å². The summed E-state index contributed by atoms with van der Waals surface area (Å²) in [5.74, 6) is 0. The van der Waals surface area contributed by atoms with E-state index in [4.69, 9.17) is 11.6 Å². The second kappa shape index (κ2) is 4.75. The minimum absolute atomic E-state index is 0.0505. The standard InChI is InChI=1S/C10H11ClF3N/c1-15(7-6-10(12,13)14)9-4-2-8(11)3-5-9/h2-5H,6-7H2,1H3. The van der Waals surface area contributed by atoms with Gasteiger partial charge in [-0.05, 0) is 24.3 Å². The quantitative estimate of drug-likeness (QED) is 0.774. The molecule has 0 spiro atoms. The zero-order chi connectivity index (χ0) is 11.5. The van der Waals surface area contributed by atoms with Crippen LogP contribution in [0.3, 0.4) is 0 Å².